The van der Waals surface area contributed by atoms with E-state index >= 15 is 0 Å². The second-order valence-corrected chi connectivity index (χ2v) is 6.58. The van der Waals surface area contributed by atoms with E-state index in [0.717, 1.165) is 51.1 Å². The number of hydrogen-bond acceptors (Lipinski definition) is 6. The number of nitrogens with zero attached hydrogens (tertiary/aromatic N) is 2. The minimum atomic E-state index is -0.00178. The molecule has 3 heterocycles. The highest BCUT2D eigenvalue weighted by Gasteiger charge is 2.38. The number of hydrogen-bond donors (Lipinski definition) is 1. The maximum absolute atomic E-state index is 6.08. The standard InChI is InChI=1S/C18H23N3O3/c1-2-4-14(5-3-1)17-21-20-16(24-17)13-19-15-6-9-23-18(12-15)7-10-22-11-8-18/h1-5,15,19H,6-13H2. The molecule has 2 saturated heterocycles. The van der Waals surface area contributed by atoms with Crippen LogP contribution in [-0.4, -0.2) is 41.7 Å². The van der Waals surface area contributed by atoms with Gasteiger partial charge in [-0.15, -0.1) is 10.2 Å². The second kappa shape index (κ2) is 7.01. The molecule has 4 rings (SSSR count). The van der Waals surface area contributed by atoms with Crippen LogP contribution in [0.3, 0.4) is 0 Å². The van der Waals surface area contributed by atoms with E-state index in [-0.39, 0.29) is 5.60 Å². The van der Waals surface area contributed by atoms with Crippen molar-refractivity contribution in [3.05, 3.63) is 36.2 Å². The molecule has 1 unspecified atom stereocenters. The molecule has 6 nitrogen and oxygen atoms in total. The Bertz CT molecular complexity index is 647. The summed E-state index contributed by atoms with van der Waals surface area (Å²) in [6.45, 7) is 3.00. The lowest BCUT2D eigenvalue weighted by Gasteiger charge is -2.43. The summed E-state index contributed by atoms with van der Waals surface area (Å²) in [5.41, 5.74) is 0.946. The zero-order valence-corrected chi connectivity index (χ0v) is 13.7. The monoisotopic (exact) mass is 329 g/mol. The fourth-order valence-corrected chi connectivity index (χ4v) is 3.55. The van der Waals surface area contributed by atoms with Crippen molar-refractivity contribution in [1.29, 1.82) is 0 Å². The Labute approximate surface area is 141 Å². The predicted molar refractivity (Wildman–Crippen MR) is 88.3 cm³/mol. The molecule has 1 atom stereocenters. The van der Waals surface area contributed by atoms with E-state index in [9.17, 15) is 0 Å². The Morgan fingerprint density at radius 1 is 1.08 bits per heavy atom. The third-order valence-electron chi connectivity index (χ3n) is 4.93. The average molecular weight is 329 g/mol. The highest BCUT2D eigenvalue weighted by molar-refractivity contribution is 5.51. The number of rotatable bonds is 4. The van der Waals surface area contributed by atoms with Crippen molar-refractivity contribution in [2.45, 2.75) is 43.9 Å². The highest BCUT2D eigenvalue weighted by Crippen LogP contribution is 2.34. The summed E-state index contributed by atoms with van der Waals surface area (Å²) >= 11 is 0. The molecule has 2 aliphatic heterocycles. The van der Waals surface area contributed by atoms with Gasteiger partial charge in [-0.3, -0.25) is 0 Å². The molecule has 24 heavy (non-hydrogen) atoms. The van der Waals surface area contributed by atoms with Gasteiger partial charge in [0.15, 0.2) is 0 Å². The van der Waals surface area contributed by atoms with Crippen LogP contribution in [0.1, 0.15) is 31.6 Å². The van der Waals surface area contributed by atoms with E-state index in [0.29, 0.717) is 24.4 Å². The number of ether oxygens (including phenoxy) is 2. The summed E-state index contributed by atoms with van der Waals surface area (Å²) in [6, 6.07) is 10.3. The van der Waals surface area contributed by atoms with Crippen molar-refractivity contribution in [1.82, 2.24) is 15.5 Å². The summed E-state index contributed by atoms with van der Waals surface area (Å²) in [6.07, 6.45) is 4.02. The van der Waals surface area contributed by atoms with Gasteiger partial charge in [-0.25, -0.2) is 0 Å². The molecule has 2 aliphatic rings. The van der Waals surface area contributed by atoms with Gasteiger partial charge in [-0.05, 0) is 37.8 Å². The summed E-state index contributed by atoms with van der Waals surface area (Å²) in [5.74, 6) is 1.20. The highest BCUT2D eigenvalue weighted by atomic mass is 16.5. The molecule has 2 aromatic rings. The predicted octanol–water partition coefficient (Wildman–Crippen LogP) is 2.55. The molecule has 0 bridgehead atoms. The summed E-state index contributed by atoms with van der Waals surface area (Å²) < 4.78 is 17.3. The van der Waals surface area contributed by atoms with E-state index < -0.39 is 0 Å². The molecule has 1 spiro atoms. The number of benzene rings is 1. The van der Waals surface area contributed by atoms with Crippen LogP contribution < -0.4 is 5.32 Å². The summed E-state index contributed by atoms with van der Waals surface area (Å²) in [4.78, 5) is 0. The SMILES string of the molecule is c1ccc(-c2nnc(CNC3CCOC4(CCOCC4)C3)o2)cc1. The zero-order chi connectivity index (χ0) is 16.2. The van der Waals surface area contributed by atoms with Crippen LogP contribution in [0.4, 0.5) is 0 Å². The van der Waals surface area contributed by atoms with Crippen LogP contribution in [-0.2, 0) is 16.0 Å². The van der Waals surface area contributed by atoms with Gasteiger partial charge >= 0.3 is 0 Å². The minimum absolute atomic E-state index is 0.00178. The van der Waals surface area contributed by atoms with E-state index in [1.165, 1.54) is 0 Å². The topological polar surface area (TPSA) is 69.4 Å². The third-order valence-corrected chi connectivity index (χ3v) is 4.93. The zero-order valence-electron chi connectivity index (χ0n) is 13.7. The van der Waals surface area contributed by atoms with E-state index in [2.05, 4.69) is 15.5 Å². The van der Waals surface area contributed by atoms with Crippen molar-refractivity contribution in [2.75, 3.05) is 19.8 Å². The second-order valence-electron chi connectivity index (χ2n) is 6.58. The quantitative estimate of drug-likeness (QED) is 0.930. The average Bonchev–Trinajstić information content (AvgIpc) is 3.11. The van der Waals surface area contributed by atoms with Crippen LogP contribution in [0, 0.1) is 0 Å². The van der Waals surface area contributed by atoms with Gasteiger partial charge in [-0.2, -0.15) is 0 Å². The molecule has 1 aromatic heterocycles. The Kier molecular flexibility index (Phi) is 4.60. The largest absolute Gasteiger partial charge is 0.419 e. The van der Waals surface area contributed by atoms with Gasteiger partial charge in [0.05, 0.1) is 12.1 Å². The van der Waals surface area contributed by atoms with Gasteiger partial charge in [0.2, 0.25) is 11.8 Å². The first-order chi connectivity index (χ1) is 11.8. The summed E-state index contributed by atoms with van der Waals surface area (Å²) in [5, 5.41) is 11.8. The first-order valence-corrected chi connectivity index (χ1v) is 8.66. The lowest BCUT2D eigenvalue weighted by molar-refractivity contribution is -0.140. The Morgan fingerprint density at radius 3 is 2.75 bits per heavy atom. The van der Waals surface area contributed by atoms with Gasteiger partial charge in [0.25, 0.3) is 0 Å². The maximum atomic E-state index is 6.08. The van der Waals surface area contributed by atoms with Gasteiger partial charge in [0.1, 0.15) is 0 Å². The molecule has 128 valence electrons. The molecule has 0 saturated carbocycles. The Morgan fingerprint density at radius 2 is 1.92 bits per heavy atom. The van der Waals surface area contributed by atoms with Gasteiger partial charge < -0.3 is 19.2 Å². The molecule has 1 aromatic carbocycles. The van der Waals surface area contributed by atoms with Crippen molar-refractivity contribution in [3.8, 4) is 11.5 Å². The molecule has 1 N–H and O–H groups in total. The van der Waals surface area contributed by atoms with Gasteiger partial charge in [-0.1, -0.05) is 18.2 Å². The Balaban J connectivity index is 1.34. The lowest BCUT2D eigenvalue weighted by atomic mass is 9.84. The van der Waals surface area contributed by atoms with E-state index in [1.54, 1.807) is 0 Å². The van der Waals surface area contributed by atoms with E-state index in [1.807, 2.05) is 30.3 Å². The van der Waals surface area contributed by atoms with Crippen molar-refractivity contribution in [3.63, 3.8) is 0 Å². The molecule has 0 radical (unpaired) electrons. The Hall–Kier alpha value is -1.76. The van der Waals surface area contributed by atoms with Crippen molar-refractivity contribution in [2.24, 2.45) is 0 Å². The van der Waals surface area contributed by atoms with Crippen LogP contribution >= 0.6 is 0 Å². The van der Waals surface area contributed by atoms with E-state index in [4.69, 9.17) is 13.9 Å². The van der Waals surface area contributed by atoms with Crippen LogP contribution in [0.5, 0.6) is 0 Å². The number of aromatic nitrogens is 2. The lowest BCUT2D eigenvalue weighted by Crippen LogP contribution is -2.49. The first-order valence-electron chi connectivity index (χ1n) is 8.66. The van der Waals surface area contributed by atoms with Crippen molar-refractivity contribution >= 4 is 0 Å². The summed E-state index contributed by atoms with van der Waals surface area (Å²) in [7, 11) is 0. The molecular formula is C18H23N3O3. The number of nitrogens with one attached hydrogen (secondary N) is 1. The normalized spacial score (nSPS) is 23.4. The van der Waals surface area contributed by atoms with Crippen molar-refractivity contribution < 1.29 is 13.9 Å². The molecule has 0 aliphatic carbocycles. The molecule has 2 fully saturated rings. The van der Waals surface area contributed by atoms with Crippen LogP contribution in [0.15, 0.2) is 34.7 Å². The van der Waals surface area contributed by atoms with Crippen LogP contribution in [0.2, 0.25) is 0 Å². The maximum Gasteiger partial charge on any atom is 0.247 e. The van der Waals surface area contributed by atoms with Crippen LogP contribution in [0.25, 0.3) is 11.5 Å². The fraction of sp³-hybridized carbons (Fsp3) is 0.556. The first kappa shape index (κ1) is 15.7. The third kappa shape index (κ3) is 3.50. The fourth-order valence-electron chi connectivity index (χ4n) is 3.55. The molecule has 0 amide bonds. The van der Waals surface area contributed by atoms with Gasteiger partial charge in [0, 0.05) is 31.4 Å². The smallest absolute Gasteiger partial charge is 0.247 e. The minimum Gasteiger partial charge on any atom is -0.419 e. The molecular weight excluding hydrogens is 306 g/mol. The molecule has 6 heteroatoms.